The highest BCUT2D eigenvalue weighted by atomic mass is 16.5. The Morgan fingerprint density at radius 2 is 2.17 bits per heavy atom. The molecular weight excluding hydrogens is 230 g/mol. The van der Waals surface area contributed by atoms with Gasteiger partial charge in [-0.2, -0.15) is 0 Å². The van der Waals surface area contributed by atoms with Crippen LogP contribution in [0.2, 0.25) is 0 Å². The summed E-state index contributed by atoms with van der Waals surface area (Å²) in [5.41, 5.74) is 6.85. The molecule has 0 amide bonds. The number of carbonyl (C=O) groups is 1. The molecule has 3 N–H and O–H groups in total. The summed E-state index contributed by atoms with van der Waals surface area (Å²) in [6, 6.07) is 5.81. The van der Waals surface area contributed by atoms with Gasteiger partial charge < -0.3 is 15.6 Å². The Hall–Kier alpha value is -1.55. The van der Waals surface area contributed by atoms with Gasteiger partial charge in [-0.15, -0.1) is 0 Å². The van der Waals surface area contributed by atoms with Gasteiger partial charge in [-0.1, -0.05) is 17.7 Å². The molecule has 0 spiro atoms. The summed E-state index contributed by atoms with van der Waals surface area (Å²) in [5.74, 6) is -0.229. The second-order valence-corrected chi connectivity index (χ2v) is 5.18. The van der Waals surface area contributed by atoms with Crippen molar-refractivity contribution in [2.45, 2.75) is 32.2 Å². The third-order valence-corrected chi connectivity index (χ3v) is 3.50. The number of aliphatic carboxylic acids is 1. The number of aryl methyl sites for hydroxylation is 2. The lowest BCUT2D eigenvalue weighted by Gasteiger charge is -2.25. The minimum Gasteiger partial charge on any atom is -0.491 e. The highest BCUT2D eigenvalue weighted by molar-refractivity contribution is 5.79. The SMILES string of the molecule is Cc1ccc(OCC(N)(C(=O)O)C2CC2)c(C)c1. The maximum atomic E-state index is 11.3. The molecule has 0 radical (unpaired) electrons. The molecule has 1 fully saturated rings. The van der Waals surface area contributed by atoms with E-state index in [1.54, 1.807) is 0 Å². The van der Waals surface area contributed by atoms with Crippen molar-refractivity contribution < 1.29 is 14.6 Å². The molecule has 98 valence electrons. The van der Waals surface area contributed by atoms with Crippen LogP contribution < -0.4 is 10.5 Å². The van der Waals surface area contributed by atoms with Crippen molar-refractivity contribution in [1.29, 1.82) is 0 Å². The molecule has 1 aliphatic carbocycles. The molecule has 0 heterocycles. The zero-order valence-electron chi connectivity index (χ0n) is 10.8. The first-order chi connectivity index (χ1) is 8.43. The lowest BCUT2D eigenvalue weighted by molar-refractivity contribution is -0.145. The molecular formula is C14H19NO3. The standard InChI is InChI=1S/C14H19NO3/c1-9-3-6-12(10(2)7-9)18-8-14(15,13(16)17)11-4-5-11/h3,6-7,11H,4-5,8,15H2,1-2H3,(H,16,17). The van der Waals surface area contributed by atoms with E-state index in [2.05, 4.69) is 0 Å². The molecule has 18 heavy (non-hydrogen) atoms. The quantitative estimate of drug-likeness (QED) is 0.835. The van der Waals surface area contributed by atoms with Crippen LogP contribution in [0.4, 0.5) is 0 Å². The maximum Gasteiger partial charge on any atom is 0.327 e. The number of rotatable bonds is 5. The largest absolute Gasteiger partial charge is 0.491 e. The Balaban J connectivity index is 2.08. The van der Waals surface area contributed by atoms with Crippen molar-refractivity contribution in [3.05, 3.63) is 29.3 Å². The minimum atomic E-state index is -1.25. The Labute approximate surface area is 107 Å². The van der Waals surface area contributed by atoms with Crippen molar-refractivity contribution in [3.8, 4) is 5.75 Å². The van der Waals surface area contributed by atoms with E-state index in [1.165, 1.54) is 0 Å². The second kappa shape index (κ2) is 4.61. The first kappa shape index (κ1) is 12.9. The van der Waals surface area contributed by atoms with Crippen molar-refractivity contribution >= 4 is 5.97 Å². The summed E-state index contributed by atoms with van der Waals surface area (Å²) >= 11 is 0. The van der Waals surface area contributed by atoms with Gasteiger partial charge in [-0.3, -0.25) is 4.79 Å². The van der Waals surface area contributed by atoms with Crippen LogP contribution in [0, 0.1) is 19.8 Å². The van der Waals surface area contributed by atoms with Gasteiger partial charge in [0.1, 0.15) is 12.4 Å². The number of ether oxygens (including phenoxy) is 1. The molecule has 1 aromatic carbocycles. The number of hydrogen-bond donors (Lipinski definition) is 2. The molecule has 0 aliphatic heterocycles. The van der Waals surface area contributed by atoms with Gasteiger partial charge in [0, 0.05) is 0 Å². The van der Waals surface area contributed by atoms with E-state index in [9.17, 15) is 9.90 Å². The highest BCUT2D eigenvalue weighted by Crippen LogP contribution is 2.39. The van der Waals surface area contributed by atoms with Crippen molar-refractivity contribution in [2.24, 2.45) is 11.7 Å². The molecule has 2 rings (SSSR count). The van der Waals surface area contributed by atoms with Crippen LogP contribution in [0.3, 0.4) is 0 Å². The van der Waals surface area contributed by atoms with Crippen molar-refractivity contribution in [1.82, 2.24) is 0 Å². The summed E-state index contributed by atoms with van der Waals surface area (Å²) in [6.45, 7) is 3.97. The van der Waals surface area contributed by atoms with E-state index < -0.39 is 11.5 Å². The molecule has 1 saturated carbocycles. The average Bonchev–Trinajstić information content (AvgIpc) is 3.11. The molecule has 0 aromatic heterocycles. The smallest absolute Gasteiger partial charge is 0.327 e. The number of hydrogen-bond acceptors (Lipinski definition) is 3. The minimum absolute atomic E-state index is 0.0247. The number of carboxylic acids is 1. The van der Waals surface area contributed by atoms with E-state index in [0.29, 0.717) is 5.75 Å². The summed E-state index contributed by atoms with van der Waals surface area (Å²) in [5, 5.41) is 9.23. The molecule has 1 aromatic rings. The topological polar surface area (TPSA) is 72.5 Å². The zero-order chi connectivity index (χ0) is 13.3. The Bertz CT molecular complexity index is 468. The molecule has 0 bridgehead atoms. The fraction of sp³-hybridized carbons (Fsp3) is 0.500. The number of benzene rings is 1. The lowest BCUT2D eigenvalue weighted by atomic mass is 9.96. The van der Waals surface area contributed by atoms with Crippen LogP contribution in [0.15, 0.2) is 18.2 Å². The average molecular weight is 249 g/mol. The lowest BCUT2D eigenvalue weighted by Crippen LogP contribution is -2.54. The highest BCUT2D eigenvalue weighted by Gasteiger charge is 2.49. The zero-order valence-corrected chi connectivity index (χ0v) is 10.8. The van der Waals surface area contributed by atoms with Gasteiger partial charge >= 0.3 is 5.97 Å². The Morgan fingerprint density at radius 1 is 1.50 bits per heavy atom. The third kappa shape index (κ3) is 2.48. The Morgan fingerprint density at radius 3 is 2.67 bits per heavy atom. The molecule has 4 nitrogen and oxygen atoms in total. The summed E-state index contributed by atoms with van der Waals surface area (Å²) in [4.78, 5) is 11.3. The maximum absolute atomic E-state index is 11.3. The van der Waals surface area contributed by atoms with Crippen molar-refractivity contribution in [2.75, 3.05) is 6.61 Å². The van der Waals surface area contributed by atoms with Crippen LogP contribution >= 0.6 is 0 Å². The van der Waals surface area contributed by atoms with Crippen molar-refractivity contribution in [3.63, 3.8) is 0 Å². The van der Waals surface area contributed by atoms with E-state index >= 15 is 0 Å². The van der Waals surface area contributed by atoms with Gasteiger partial charge in [-0.05, 0) is 44.2 Å². The van der Waals surface area contributed by atoms with E-state index in [4.69, 9.17) is 10.5 Å². The van der Waals surface area contributed by atoms with Crippen LogP contribution in [0.1, 0.15) is 24.0 Å². The third-order valence-electron chi connectivity index (χ3n) is 3.50. The summed E-state index contributed by atoms with van der Waals surface area (Å²) in [7, 11) is 0. The fourth-order valence-corrected chi connectivity index (χ4v) is 2.11. The number of nitrogens with two attached hydrogens (primary N) is 1. The second-order valence-electron chi connectivity index (χ2n) is 5.18. The predicted octanol–water partition coefficient (Wildman–Crippen LogP) is 1.87. The van der Waals surface area contributed by atoms with Crippen LogP contribution in [0.5, 0.6) is 5.75 Å². The monoisotopic (exact) mass is 249 g/mol. The molecule has 1 unspecified atom stereocenters. The van der Waals surface area contributed by atoms with E-state index in [0.717, 1.165) is 24.0 Å². The Kier molecular flexibility index (Phi) is 3.30. The van der Waals surface area contributed by atoms with Gasteiger partial charge in [0.2, 0.25) is 0 Å². The van der Waals surface area contributed by atoms with Gasteiger partial charge in [-0.25, -0.2) is 0 Å². The molecule has 1 atom stereocenters. The van der Waals surface area contributed by atoms with Crippen LogP contribution in [-0.4, -0.2) is 23.2 Å². The van der Waals surface area contributed by atoms with E-state index in [1.807, 2.05) is 32.0 Å². The van der Waals surface area contributed by atoms with Gasteiger partial charge in [0.25, 0.3) is 0 Å². The summed E-state index contributed by atoms with van der Waals surface area (Å²) < 4.78 is 5.61. The molecule has 4 heteroatoms. The fourth-order valence-electron chi connectivity index (χ4n) is 2.11. The van der Waals surface area contributed by atoms with Gasteiger partial charge in [0.15, 0.2) is 5.54 Å². The first-order valence-corrected chi connectivity index (χ1v) is 6.16. The van der Waals surface area contributed by atoms with Crippen LogP contribution in [0.25, 0.3) is 0 Å². The summed E-state index contributed by atoms with van der Waals surface area (Å²) in [6.07, 6.45) is 1.75. The van der Waals surface area contributed by atoms with Gasteiger partial charge in [0.05, 0.1) is 0 Å². The normalized spacial score (nSPS) is 18.2. The van der Waals surface area contributed by atoms with Crippen LogP contribution in [-0.2, 0) is 4.79 Å². The van der Waals surface area contributed by atoms with E-state index in [-0.39, 0.29) is 12.5 Å². The predicted molar refractivity (Wildman–Crippen MR) is 68.7 cm³/mol. The first-order valence-electron chi connectivity index (χ1n) is 6.16. The number of carboxylic acid groups (broad SMARTS) is 1. The molecule has 0 saturated heterocycles. The molecule has 1 aliphatic rings.